The summed E-state index contributed by atoms with van der Waals surface area (Å²) in [7, 11) is 2.19. The molecule has 3 heteroatoms. The van der Waals surface area contributed by atoms with Crippen molar-refractivity contribution < 1.29 is 4.79 Å². The lowest BCUT2D eigenvalue weighted by atomic mass is 9.89. The van der Waals surface area contributed by atoms with Gasteiger partial charge in [0.05, 0.1) is 0 Å². The Hall–Kier alpha value is -1.35. The van der Waals surface area contributed by atoms with Crippen molar-refractivity contribution in [3.05, 3.63) is 29.3 Å². The van der Waals surface area contributed by atoms with Gasteiger partial charge in [0.1, 0.15) is 0 Å². The zero-order valence-electron chi connectivity index (χ0n) is 13.2. The van der Waals surface area contributed by atoms with Gasteiger partial charge in [-0.15, -0.1) is 0 Å². The van der Waals surface area contributed by atoms with Crippen LogP contribution in [0.2, 0.25) is 0 Å². The fourth-order valence-corrected chi connectivity index (χ4v) is 4.21. The summed E-state index contributed by atoms with van der Waals surface area (Å²) in [4.78, 5) is 17.5. The lowest BCUT2D eigenvalue weighted by Crippen LogP contribution is -2.47. The highest BCUT2D eigenvalue weighted by molar-refractivity contribution is 5.99. The molecule has 1 saturated heterocycles. The van der Waals surface area contributed by atoms with Crippen LogP contribution in [0.5, 0.6) is 0 Å². The lowest BCUT2D eigenvalue weighted by Gasteiger charge is -2.36. The van der Waals surface area contributed by atoms with Gasteiger partial charge < -0.3 is 9.80 Å². The lowest BCUT2D eigenvalue weighted by molar-refractivity contribution is -0.120. The maximum absolute atomic E-state index is 12.9. The molecule has 0 N–H and O–H groups in total. The van der Waals surface area contributed by atoms with Crippen LogP contribution >= 0.6 is 0 Å². The third-order valence-electron chi connectivity index (χ3n) is 5.62. The van der Waals surface area contributed by atoms with E-state index in [4.69, 9.17) is 0 Å². The Kier molecular flexibility index (Phi) is 2.90. The van der Waals surface area contributed by atoms with E-state index in [0.29, 0.717) is 23.8 Å². The summed E-state index contributed by atoms with van der Waals surface area (Å²) >= 11 is 0. The summed E-state index contributed by atoms with van der Waals surface area (Å²) in [6.45, 7) is 6.51. The monoisotopic (exact) mass is 284 g/mol. The number of anilines is 1. The molecule has 1 aliphatic carbocycles. The van der Waals surface area contributed by atoms with Gasteiger partial charge in [-0.25, -0.2) is 0 Å². The molecule has 0 aromatic heterocycles. The highest BCUT2D eigenvalue weighted by atomic mass is 16.2. The Bertz CT molecular complexity index is 597. The first-order chi connectivity index (χ1) is 10.1. The molecule has 4 rings (SSSR count). The average molecular weight is 284 g/mol. The van der Waals surface area contributed by atoms with Crippen LogP contribution in [0.3, 0.4) is 0 Å². The van der Waals surface area contributed by atoms with E-state index < -0.39 is 0 Å². The molecular weight excluding hydrogens is 260 g/mol. The molecule has 0 radical (unpaired) electrons. The number of rotatable bonds is 1. The van der Waals surface area contributed by atoms with E-state index in [9.17, 15) is 4.79 Å². The molecule has 0 unspecified atom stereocenters. The van der Waals surface area contributed by atoms with Gasteiger partial charge in [0.25, 0.3) is 0 Å². The van der Waals surface area contributed by atoms with Gasteiger partial charge in [0, 0.05) is 30.1 Å². The normalized spacial score (nSPS) is 34.5. The predicted octanol–water partition coefficient (Wildman–Crippen LogP) is 2.79. The third kappa shape index (κ3) is 2.02. The summed E-state index contributed by atoms with van der Waals surface area (Å²) < 4.78 is 0. The Morgan fingerprint density at radius 1 is 1.33 bits per heavy atom. The first kappa shape index (κ1) is 13.3. The highest BCUT2D eigenvalue weighted by Crippen LogP contribution is 2.48. The van der Waals surface area contributed by atoms with Gasteiger partial charge in [0.2, 0.25) is 5.91 Å². The Morgan fingerprint density at radius 3 is 2.81 bits per heavy atom. The number of hydrogen-bond acceptors (Lipinski definition) is 2. The molecule has 2 heterocycles. The number of nitrogens with zero attached hydrogens (tertiary/aromatic N) is 2. The van der Waals surface area contributed by atoms with E-state index in [1.165, 1.54) is 16.8 Å². The van der Waals surface area contributed by atoms with Crippen molar-refractivity contribution in [2.24, 2.45) is 11.8 Å². The van der Waals surface area contributed by atoms with Crippen LogP contribution in [-0.2, 0) is 4.79 Å². The molecule has 1 aromatic rings. The number of piperidine rings is 1. The molecule has 2 fully saturated rings. The van der Waals surface area contributed by atoms with E-state index in [2.05, 4.69) is 48.9 Å². The molecule has 3 aliphatic rings. The summed E-state index contributed by atoms with van der Waals surface area (Å²) in [5.41, 5.74) is 3.89. The maximum Gasteiger partial charge on any atom is 0.230 e. The van der Waals surface area contributed by atoms with Crippen LogP contribution in [-0.4, -0.2) is 37.0 Å². The van der Waals surface area contributed by atoms with E-state index in [-0.39, 0.29) is 5.92 Å². The smallest absolute Gasteiger partial charge is 0.230 e. The van der Waals surface area contributed by atoms with Crippen molar-refractivity contribution >= 4 is 11.6 Å². The summed E-state index contributed by atoms with van der Waals surface area (Å²) in [5.74, 6) is 1.73. The number of amides is 1. The van der Waals surface area contributed by atoms with Crippen LogP contribution in [0.15, 0.2) is 18.2 Å². The molecule has 0 spiro atoms. The van der Waals surface area contributed by atoms with Crippen molar-refractivity contribution in [3.8, 4) is 0 Å². The van der Waals surface area contributed by atoms with Gasteiger partial charge in [-0.1, -0.05) is 24.6 Å². The first-order valence-electron chi connectivity index (χ1n) is 8.18. The van der Waals surface area contributed by atoms with Gasteiger partial charge >= 0.3 is 0 Å². The van der Waals surface area contributed by atoms with Crippen LogP contribution in [0.25, 0.3) is 0 Å². The molecule has 4 atom stereocenters. The highest BCUT2D eigenvalue weighted by Gasteiger charge is 2.49. The second-order valence-electron chi connectivity index (χ2n) is 7.31. The minimum Gasteiger partial charge on any atom is -0.308 e. The Balaban J connectivity index is 1.75. The van der Waals surface area contributed by atoms with E-state index in [1.54, 1.807) is 0 Å². The molecule has 1 aromatic carbocycles. The summed E-state index contributed by atoms with van der Waals surface area (Å²) in [6.07, 6.45) is 2.18. The molecule has 3 nitrogen and oxygen atoms in total. The number of benzene rings is 1. The van der Waals surface area contributed by atoms with Gasteiger partial charge in [-0.3, -0.25) is 4.79 Å². The molecule has 1 saturated carbocycles. The largest absolute Gasteiger partial charge is 0.308 e. The number of likely N-dealkylation sites (N-methyl/N-ethyl adjacent to an activating group) is 1. The quantitative estimate of drug-likeness (QED) is 0.791. The average Bonchev–Trinajstić information content (AvgIpc) is 3.10. The van der Waals surface area contributed by atoms with Crippen LogP contribution in [0.4, 0.5) is 5.69 Å². The first-order valence-corrected chi connectivity index (χ1v) is 8.18. The SMILES string of the molecule is Cc1ccc2c(c1)[C@@H]1CN(C)CC[C@@H]1N2C(=O)[C@@H]1C[C@H]1C. The third-order valence-corrected chi connectivity index (χ3v) is 5.62. The fourth-order valence-electron chi connectivity index (χ4n) is 4.21. The topological polar surface area (TPSA) is 23.6 Å². The Morgan fingerprint density at radius 2 is 2.10 bits per heavy atom. The number of fused-ring (bicyclic) bond motifs is 3. The predicted molar refractivity (Wildman–Crippen MR) is 84.6 cm³/mol. The van der Waals surface area contributed by atoms with Crippen LogP contribution in [0.1, 0.15) is 36.8 Å². The van der Waals surface area contributed by atoms with E-state index >= 15 is 0 Å². The van der Waals surface area contributed by atoms with Crippen molar-refractivity contribution in [1.82, 2.24) is 4.90 Å². The molecular formula is C18H24N2O. The number of aryl methyl sites for hydroxylation is 1. The number of carbonyl (C=O) groups excluding carboxylic acids is 1. The number of hydrogen-bond donors (Lipinski definition) is 0. The molecule has 112 valence electrons. The molecule has 0 bridgehead atoms. The summed E-state index contributed by atoms with van der Waals surface area (Å²) in [5, 5.41) is 0. The molecule has 21 heavy (non-hydrogen) atoms. The number of likely N-dealkylation sites (tertiary alicyclic amines) is 1. The minimum atomic E-state index is 0.276. The second-order valence-corrected chi connectivity index (χ2v) is 7.31. The standard InChI is InChI=1S/C18H24N2O/c1-11-4-5-16-14(8-11)15-10-19(3)7-6-17(15)20(16)18(21)13-9-12(13)2/h4-5,8,12-13,15,17H,6-7,9-10H2,1-3H3/t12-,13-,15+,17+/m1/s1. The second kappa shape index (κ2) is 4.57. The zero-order valence-corrected chi connectivity index (χ0v) is 13.2. The zero-order chi connectivity index (χ0) is 14.7. The van der Waals surface area contributed by atoms with Gasteiger partial charge in [-0.05, 0) is 50.9 Å². The Labute approximate surface area is 126 Å². The van der Waals surface area contributed by atoms with Gasteiger partial charge in [0.15, 0.2) is 0 Å². The van der Waals surface area contributed by atoms with Crippen LogP contribution in [0, 0.1) is 18.8 Å². The molecule has 2 aliphatic heterocycles. The van der Waals surface area contributed by atoms with Crippen molar-refractivity contribution in [1.29, 1.82) is 0 Å². The van der Waals surface area contributed by atoms with Crippen LogP contribution < -0.4 is 4.90 Å². The van der Waals surface area contributed by atoms with Crippen molar-refractivity contribution in [2.75, 3.05) is 25.0 Å². The van der Waals surface area contributed by atoms with Gasteiger partial charge in [-0.2, -0.15) is 0 Å². The number of carbonyl (C=O) groups is 1. The van der Waals surface area contributed by atoms with E-state index in [1.807, 2.05) is 0 Å². The van der Waals surface area contributed by atoms with E-state index in [0.717, 1.165) is 25.9 Å². The maximum atomic E-state index is 12.9. The van der Waals surface area contributed by atoms with Crippen molar-refractivity contribution in [2.45, 2.75) is 38.6 Å². The fraction of sp³-hybridized carbons (Fsp3) is 0.611. The minimum absolute atomic E-state index is 0.276. The van der Waals surface area contributed by atoms with Crippen molar-refractivity contribution in [3.63, 3.8) is 0 Å². The summed E-state index contributed by atoms with van der Waals surface area (Å²) in [6, 6.07) is 7.01. The molecule has 1 amide bonds.